The Morgan fingerprint density at radius 3 is 2.75 bits per heavy atom. The van der Waals surface area contributed by atoms with Crippen molar-refractivity contribution in [1.82, 2.24) is 9.80 Å². The van der Waals surface area contributed by atoms with E-state index in [-0.39, 0.29) is 5.91 Å². The van der Waals surface area contributed by atoms with E-state index in [0.717, 1.165) is 32.7 Å². The Bertz CT molecular complexity index is 233. The van der Waals surface area contributed by atoms with Gasteiger partial charge < -0.3 is 9.64 Å². The Morgan fingerprint density at radius 2 is 2.12 bits per heavy atom. The molecule has 0 spiro atoms. The number of rotatable bonds is 4. The highest BCUT2D eigenvalue weighted by molar-refractivity contribution is 5.78. The third-order valence-corrected chi connectivity index (χ3v) is 3.40. The van der Waals surface area contributed by atoms with E-state index in [1.807, 2.05) is 11.9 Å². The SMILES string of the molecule is CN(CC(=O)N1CCCC1)CC1CCCO1. The number of hydrogen-bond acceptors (Lipinski definition) is 3. The molecular weight excluding hydrogens is 204 g/mol. The van der Waals surface area contributed by atoms with Gasteiger partial charge in [0.2, 0.25) is 5.91 Å². The first-order valence-corrected chi connectivity index (χ1v) is 6.33. The lowest BCUT2D eigenvalue weighted by Crippen LogP contribution is -2.39. The zero-order chi connectivity index (χ0) is 11.4. The Hall–Kier alpha value is -0.610. The summed E-state index contributed by atoms with van der Waals surface area (Å²) in [7, 11) is 2.01. The van der Waals surface area contributed by atoms with E-state index < -0.39 is 0 Å². The molecule has 2 aliphatic heterocycles. The molecule has 0 aromatic heterocycles. The van der Waals surface area contributed by atoms with Crippen molar-refractivity contribution in [3.63, 3.8) is 0 Å². The van der Waals surface area contributed by atoms with E-state index in [2.05, 4.69) is 4.90 Å². The van der Waals surface area contributed by atoms with Crippen LogP contribution < -0.4 is 0 Å². The summed E-state index contributed by atoms with van der Waals surface area (Å²) in [5, 5.41) is 0. The predicted octanol–water partition coefficient (Wildman–Crippen LogP) is 0.720. The largest absolute Gasteiger partial charge is 0.377 e. The lowest BCUT2D eigenvalue weighted by Gasteiger charge is -2.23. The van der Waals surface area contributed by atoms with Gasteiger partial charge in [0, 0.05) is 26.2 Å². The second-order valence-electron chi connectivity index (χ2n) is 4.92. The molecule has 1 amide bonds. The topological polar surface area (TPSA) is 32.8 Å². The summed E-state index contributed by atoms with van der Waals surface area (Å²) in [6.45, 7) is 4.22. The first-order valence-electron chi connectivity index (χ1n) is 6.33. The minimum absolute atomic E-state index is 0.276. The summed E-state index contributed by atoms with van der Waals surface area (Å²) in [6.07, 6.45) is 4.99. The van der Waals surface area contributed by atoms with E-state index in [1.54, 1.807) is 0 Å². The Kier molecular flexibility index (Phi) is 4.18. The third-order valence-electron chi connectivity index (χ3n) is 3.40. The second-order valence-corrected chi connectivity index (χ2v) is 4.92. The average molecular weight is 226 g/mol. The summed E-state index contributed by atoms with van der Waals surface area (Å²) in [6, 6.07) is 0. The molecule has 4 heteroatoms. The van der Waals surface area contributed by atoms with Crippen LogP contribution in [0.2, 0.25) is 0 Å². The maximum absolute atomic E-state index is 11.9. The molecule has 0 aliphatic carbocycles. The quantitative estimate of drug-likeness (QED) is 0.708. The minimum atomic E-state index is 0.276. The molecule has 2 fully saturated rings. The van der Waals surface area contributed by atoms with Crippen LogP contribution in [0.4, 0.5) is 0 Å². The van der Waals surface area contributed by atoms with Crippen LogP contribution in [0.1, 0.15) is 25.7 Å². The molecule has 2 rings (SSSR count). The average Bonchev–Trinajstić information content (AvgIpc) is 2.88. The van der Waals surface area contributed by atoms with Crippen molar-refractivity contribution in [1.29, 1.82) is 0 Å². The molecule has 0 saturated carbocycles. The van der Waals surface area contributed by atoms with Crippen molar-refractivity contribution in [3.8, 4) is 0 Å². The number of hydrogen-bond donors (Lipinski definition) is 0. The number of nitrogens with zero attached hydrogens (tertiary/aromatic N) is 2. The summed E-state index contributed by atoms with van der Waals surface area (Å²) < 4.78 is 5.56. The fraction of sp³-hybridized carbons (Fsp3) is 0.917. The molecule has 0 radical (unpaired) electrons. The fourth-order valence-corrected chi connectivity index (χ4v) is 2.50. The zero-order valence-corrected chi connectivity index (χ0v) is 10.2. The Morgan fingerprint density at radius 1 is 1.38 bits per heavy atom. The monoisotopic (exact) mass is 226 g/mol. The lowest BCUT2D eigenvalue weighted by atomic mass is 10.2. The van der Waals surface area contributed by atoms with Crippen molar-refractivity contribution in [2.24, 2.45) is 0 Å². The van der Waals surface area contributed by atoms with Gasteiger partial charge in [0.25, 0.3) is 0 Å². The van der Waals surface area contributed by atoms with Gasteiger partial charge in [-0.25, -0.2) is 0 Å². The molecule has 0 aromatic carbocycles. The molecule has 16 heavy (non-hydrogen) atoms. The second kappa shape index (κ2) is 5.64. The van der Waals surface area contributed by atoms with Crippen LogP contribution in [0.25, 0.3) is 0 Å². The standard InChI is InChI=1S/C12H22N2O2/c1-13(9-11-5-4-8-16-11)10-12(15)14-6-2-3-7-14/h11H,2-10H2,1H3. The van der Waals surface area contributed by atoms with Crippen molar-refractivity contribution in [2.75, 3.05) is 39.8 Å². The van der Waals surface area contributed by atoms with Gasteiger partial charge in [-0.1, -0.05) is 0 Å². The summed E-state index contributed by atoms with van der Waals surface area (Å²) in [5.41, 5.74) is 0. The van der Waals surface area contributed by atoms with Gasteiger partial charge in [-0.15, -0.1) is 0 Å². The smallest absolute Gasteiger partial charge is 0.236 e. The van der Waals surface area contributed by atoms with Crippen LogP contribution in [0.5, 0.6) is 0 Å². The molecule has 1 unspecified atom stereocenters. The Balaban J connectivity index is 1.68. The van der Waals surface area contributed by atoms with E-state index in [9.17, 15) is 4.79 Å². The van der Waals surface area contributed by atoms with Gasteiger partial charge in [-0.3, -0.25) is 9.69 Å². The van der Waals surface area contributed by atoms with Crippen LogP contribution in [-0.4, -0.2) is 61.6 Å². The van der Waals surface area contributed by atoms with Gasteiger partial charge in [-0.2, -0.15) is 0 Å². The highest BCUT2D eigenvalue weighted by Crippen LogP contribution is 2.13. The fourth-order valence-electron chi connectivity index (χ4n) is 2.50. The van der Waals surface area contributed by atoms with E-state index in [1.165, 1.54) is 19.3 Å². The van der Waals surface area contributed by atoms with Crippen LogP contribution in [0.15, 0.2) is 0 Å². The number of carbonyl (C=O) groups excluding carboxylic acids is 1. The van der Waals surface area contributed by atoms with Gasteiger partial charge in [-0.05, 0) is 32.7 Å². The van der Waals surface area contributed by atoms with Crippen molar-refractivity contribution in [3.05, 3.63) is 0 Å². The number of ether oxygens (including phenoxy) is 1. The maximum atomic E-state index is 11.9. The van der Waals surface area contributed by atoms with Crippen LogP contribution in [0, 0.1) is 0 Å². The predicted molar refractivity (Wildman–Crippen MR) is 62.3 cm³/mol. The van der Waals surface area contributed by atoms with E-state index >= 15 is 0 Å². The molecule has 2 heterocycles. The minimum Gasteiger partial charge on any atom is -0.377 e. The molecular formula is C12H22N2O2. The van der Waals surface area contributed by atoms with Crippen LogP contribution >= 0.6 is 0 Å². The van der Waals surface area contributed by atoms with Crippen LogP contribution in [0.3, 0.4) is 0 Å². The van der Waals surface area contributed by atoms with Gasteiger partial charge >= 0.3 is 0 Å². The van der Waals surface area contributed by atoms with Gasteiger partial charge in [0.15, 0.2) is 0 Å². The molecule has 0 aromatic rings. The summed E-state index contributed by atoms with van der Waals surface area (Å²) in [4.78, 5) is 15.9. The molecule has 4 nitrogen and oxygen atoms in total. The summed E-state index contributed by atoms with van der Waals surface area (Å²) in [5.74, 6) is 0.276. The number of amides is 1. The van der Waals surface area contributed by atoms with Gasteiger partial charge in [0.05, 0.1) is 12.6 Å². The zero-order valence-electron chi connectivity index (χ0n) is 10.2. The van der Waals surface area contributed by atoms with Crippen LogP contribution in [-0.2, 0) is 9.53 Å². The molecule has 2 saturated heterocycles. The molecule has 1 atom stereocenters. The number of carbonyl (C=O) groups is 1. The molecule has 0 N–H and O–H groups in total. The number of likely N-dealkylation sites (N-methyl/N-ethyl adjacent to an activating group) is 1. The lowest BCUT2D eigenvalue weighted by molar-refractivity contribution is -0.131. The third kappa shape index (κ3) is 3.19. The highest BCUT2D eigenvalue weighted by atomic mass is 16.5. The van der Waals surface area contributed by atoms with Crippen molar-refractivity contribution in [2.45, 2.75) is 31.8 Å². The summed E-state index contributed by atoms with van der Waals surface area (Å²) >= 11 is 0. The maximum Gasteiger partial charge on any atom is 0.236 e. The molecule has 0 bridgehead atoms. The molecule has 92 valence electrons. The highest BCUT2D eigenvalue weighted by Gasteiger charge is 2.22. The normalized spacial score (nSPS) is 25.6. The molecule has 2 aliphatic rings. The number of likely N-dealkylation sites (tertiary alicyclic amines) is 1. The Labute approximate surface area is 97.5 Å². The van der Waals surface area contributed by atoms with Crippen molar-refractivity contribution < 1.29 is 9.53 Å². The van der Waals surface area contributed by atoms with Gasteiger partial charge in [0.1, 0.15) is 0 Å². The first kappa shape index (κ1) is 11.9. The van der Waals surface area contributed by atoms with Crippen molar-refractivity contribution >= 4 is 5.91 Å². The van der Waals surface area contributed by atoms with E-state index in [4.69, 9.17) is 4.74 Å². The van der Waals surface area contributed by atoms with E-state index in [0.29, 0.717) is 12.6 Å². The first-order chi connectivity index (χ1) is 7.75.